The Bertz CT molecular complexity index is 365. The van der Waals surface area contributed by atoms with Gasteiger partial charge in [0, 0.05) is 10.9 Å². The molecule has 1 fully saturated rings. The standard InChI is InChI=1S/C13H19BrClNS/c1-13(6-4-3-5-7-13)11(16-2)10-8-9(15)12(14)17-10/h8,11,16H,3-7H2,1-2H3. The fourth-order valence-corrected chi connectivity index (χ4v) is 5.02. The maximum absolute atomic E-state index is 6.15. The molecular formula is C13H19BrClNS. The highest BCUT2D eigenvalue weighted by molar-refractivity contribution is 9.11. The number of halogens is 2. The molecule has 0 aliphatic heterocycles. The largest absolute Gasteiger partial charge is 0.312 e. The Morgan fingerprint density at radius 1 is 1.41 bits per heavy atom. The Morgan fingerprint density at radius 3 is 2.53 bits per heavy atom. The summed E-state index contributed by atoms with van der Waals surface area (Å²) in [5.41, 5.74) is 0.376. The lowest BCUT2D eigenvalue weighted by Crippen LogP contribution is -2.35. The van der Waals surface area contributed by atoms with Crippen LogP contribution >= 0.6 is 38.9 Å². The maximum atomic E-state index is 6.15. The van der Waals surface area contributed by atoms with E-state index in [-0.39, 0.29) is 0 Å². The molecule has 96 valence electrons. The third-order valence-corrected chi connectivity index (χ3v) is 6.47. The van der Waals surface area contributed by atoms with E-state index in [0.717, 1.165) is 8.81 Å². The summed E-state index contributed by atoms with van der Waals surface area (Å²) in [6.45, 7) is 2.41. The minimum Gasteiger partial charge on any atom is -0.312 e. The van der Waals surface area contributed by atoms with Gasteiger partial charge in [-0.15, -0.1) is 11.3 Å². The van der Waals surface area contributed by atoms with Crippen molar-refractivity contribution in [2.75, 3.05) is 7.05 Å². The zero-order chi connectivity index (χ0) is 12.5. The van der Waals surface area contributed by atoms with Crippen LogP contribution in [0.3, 0.4) is 0 Å². The molecule has 0 aromatic carbocycles. The Balaban J connectivity index is 2.25. The van der Waals surface area contributed by atoms with E-state index < -0.39 is 0 Å². The molecule has 1 aliphatic carbocycles. The predicted molar refractivity (Wildman–Crippen MR) is 80.0 cm³/mol. The third-order valence-electron chi connectivity index (χ3n) is 3.93. The summed E-state index contributed by atoms with van der Waals surface area (Å²) in [7, 11) is 2.06. The monoisotopic (exact) mass is 335 g/mol. The average molecular weight is 337 g/mol. The molecule has 1 aromatic heterocycles. The first-order chi connectivity index (χ1) is 8.07. The molecular weight excluding hydrogens is 318 g/mol. The second-order valence-corrected chi connectivity index (χ2v) is 8.02. The van der Waals surface area contributed by atoms with Crippen LogP contribution in [0.4, 0.5) is 0 Å². The second kappa shape index (κ2) is 5.60. The first-order valence-electron chi connectivity index (χ1n) is 6.19. The zero-order valence-corrected chi connectivity index (χ0v) is 13.5. The van der Waals surface area contributed by atoms with E-state index in [0.29, 0.717) is 11.5 Å². The molecule has 1 N–H and O–H groups in total. The molecule has 1 atom stereocenters. The van der Waals surface area contributed by atoms with Crippen molar-refractivity contribution in [3.8, 4) is 0 Å². The lowest BCUT2D eigenvalue weighted by Gasteiger charge is -2.40. The van der Waals surface area contributed by atoms with Crippen LogP contribution in [0.1, 0.15) is 49.9 Å². The molecule has 1 nitrogen and oxygen atoms in total. The van der Waals surface area contributed by atoms with Gasteiger partial charge >= 0.3 is 0 Å². The number of rotatable bonds is 3. The number of thiophene rings is 1. The maximum Gasteiger partial charge on any atom is 0.0888 e. The summed E-state index contributed by atoms with van der Waals surface area (Å²) in [5, 5.41) is 4.34. The van der Waals surface area contributed by atoms with E-state index in [9.17, 15) is 0 Å². The summed E-state index contributed by atoms with van der Waals surface area (Å²) in [6.07, 6.45) is 6.72. The zero-order valence-electron chi connectivity index (χ0n) is 10.4. The van der Waals surface area contributed by atoms with Gasteiger partial charge in [0.25, 0.3) is 0 Å². The quantitative estimate of drug-likeness (QED) is 0.779. The SMILES string of the molecule is CNC(c1cc(Cl)c(Br)s1)C1(C)CCCCC1. The average Bonchev–Trinajstić information content (AvgIpc) is 2.60. The summed E-state index contributed by atoms with van der Waals surface area (Å²) >= 11 is 11.4. The van der Waals surface area contributed by atoms with Gasteiger partial charge in [0.15, 0.2) is 0 Å². The number of nitrogens with one attached hydrogen (secondary N) is 1. The second-order valence-electron chi connectivity index (χ2n) is 5.21. The van der Waals surface area contributed by atoms with Gasteiger partial charge in [-0.2, -0.15) is 0 Å². The molecule has 0 bridgehead atoms. The molecule has 4 heteroatoms. The Morgan fingerprint density at radius 2 is 2.06 bits per heavy atom. The van der Waals surface area contributed by atoms with Crippen LogP contribution < -0.4 is 5.32 Å². The fraction of sp³-hybridized carbons (Fsp3) is 0.692. The highest BCUT2D eigenvalue weighted by atomic mass is 79.9. The van der Waals surface area contributed by atoms with Crippen LogP contribution in [0.25, 0.3) is 0 Å². The highest BCUT2D eigenvalue weighted by Crippen LogP contribution is 2.48. The van der Waals surface area contributed by atoms with Crippen molar-refractivity contribution in [1.29, 1.82) is 0 Å². The van der Waals surface area contributed by atoms with Gasteiger partial charge in [0.05, 0.1) is 8.81 Å². The minimum atomic E-state index is 0.376. The Labute approximate surface area is 121 Å². The molecule has 1 aromatic rings. The van der Waals surface area contributed by atoms with E-state index in [1.165, 1.54) is 37.0 Å². The van der Waals surface area contributed by atoms with Crippen molar-refractivity contribution < 1.29 is 0 Å². The van der Waals surface area contributed by atoms with Crippen molar-refractivity contribution in [1.82, 2.24) is 5.32 Å². The fourth-order valence-electron chi connectivity index (χ4n) is 2.99. The normalized spacial score (nSPS) is 21.4. The molecule has 17 heavy (non-hydrogen) atoms. The van der Waals surface area contributed by atoms with Crippen molar-refractivity contribution in [2.45, 2.75) is 45.1 Å². The van der Waals surface area contributed by atoms with Gasteiger partial charge in [-0.1, -0.05) is 37.8 Å². The van der Waals surface area contributed by atoms with Crippen LogP contribution in [0.5, 0.6) is 0 Å². The molecule has 1 aliphatic rings. The smallest absolute Gasteiger partial charge is 0.0888 e. The van der Waals surface area contributed by atoms with E-state index >= 15 is 0 Å². The molecule has 0 amide bonds. The minimum absolute atomic E-state index is 0.376. The predicted octanol–water partition coefficient (Wildman–Crippen LogP) is 5.39. The van der Waals surface area contributed by atoms with E-state index in [4.69, 9.17) is 11.6 Å². The summed E-state index contributed by atoms with van der Waals surface area (Å²) < 4.78 is 1.05. The van der Waals surface area contributed by atoms with Gasteiger partial charge in [0.2, 0.25) is 0 Å². The van der Waals surface area contributed by atoms with Gasteiger partial charge < -0.3 is 5.32 Å². The topological polar surface area (TPSA) is 12.0 Å². The van der Waals surface area contributed by atoms with Gasteiger partial charge in [-0.3, -0.25) is 0 Å². The summed E-state index contributed by atoms with van der Waals surface area (Å²) in [6, 6.07) is 2.54. The van der Waals surface area contributed by atoms with Crippen LogP contribution in [-0.2, 0) is 0 Å². The summed E-state index contributed by atoms with van der Waals surface area (Å²) in [4.78, 5) is 1.36. The van der Waals surface area contributed by atoms with Crippen LogP contribution in [0.15, 0.2) is 9.85 Å². The van der Waals surface area contributed by atoms with Crippen LogP contribution in [-0.4, -0.2) is 7.05 Å². The lowest BCUT2D eigenvalue weighted by molar-refractivity contribution is 0.152. The molecule has 0 spiro atoms. The van der Waals surface area contributed by atoms with Crippen LogP contribution in [0.2, 0.25) is 5.02 Å². The van der Waals surface area contributed by atoms with Gasteiger partial charge in [-0.25, -0.2) is 0 Å². The molecule has 1 saturated carbocycles. The molecule has 1 unspecified atom stereocenters. The number of hydrogen-bond donors (Lipinski definition) is 1. The van der Waals surface area contributed by atoms with Crippen LogP contribution in [0, 0.1) is 5.41 Å². The Kier molecular flexibility index (Phi) is 4.56. The van der Waals surface area contributed by atoms with Gasteiger partial charge in [0.1, 0.15) is 0 Å². The molecule has 1 heterocycles. The highest BCUT2D eigenvalue weighted by Gasteiger charge is 2.36. The van der Waals surface area contributed by atoms with Crippen molar-refractivity contribution in [3.05, 3.63) is 19.8 Å². The third kappa shape index (κ3) is 2.89. The molecule has 0 radical (unpaired) electrons. The van der Waals surface area contributed by atoms with Crippen molar-refractivity contribution in [2.24, 2.45) is 5.41 Å². The molecule has 0 saturated heterocycles. The summed E-state index contributed by atoms with van der Waals surface area (Å²) in [5.74, 6) is 0. The van der Waals surface area contributed by atoms with Crippen molar-refractivity contribution >= 4 is 38.9 Å². The first kappa shape index (κ1) is 13.9. The van der Waals surface area contributed by atoms with E-state index in [1.807, 2.05) is 0 Å². The molecule has 2 rings (SSSR count). The number of hydrogen-bond acceptors (Lipinski definition) is 2. The van der Waals surface area contributed by atoms with Gasteiger partial charge in [-0.05, 0) is 47.3 Å². The van der Waals surface area contributed by atoms with E-state index in [1.54, 1.807) is 11.3 Å². The van der Waals surface area contributed by atoms with E-state index in [2.05, 4.69) is 41.3 Å². The first-order valence-corrected chi connectivity index (χ1v) is 8.17. The lowest BCUT2D eigenvalue weighted by atomic mass is 9.70. The van der Waals surface area contributed by atoms with Crippen molar-refractivity contribution in [3.63, 3.8) is 0 Å². The Hall–Kier alpha value is 0.430.